The van der Waals surface area contributed by atoms with Crippen molar-refractivity contribution in [1.29, 1.82) is 0 Å². The van der Waals surface area contributed by atoms with Crippen molar-refractivity contribution in [2.45, 2.75) is 37.6 Å². The fraction of sp³-hybridized carbons (Fsp3) is 0.667. The molecule has 0 aromatic heterocycles. The van der Waals surface area contributed by atoms with Gasteiger partial charge in [0.2, 0.25) is 12.4 Å². The Bertz CT molecular complexity index is 411. The van der Waals surface area contributed by atoms with E-state index in [0.29, 0.717) is 0 Å². The van der Waals surface area contributed by atoms with Crippen molar-refractivity contribution < 1.29 is 28.7 Å². The van der Waals surface area contributed by atoms with Gasteiger partial charge in [-0.05, 0) is 6.92 Å². The highest BCUT2D eigenvalue weighted by molar-refractivity contribution is 6.05. The standard InChI is InChI=1S/C9H12FN3O4/c1-3-5(14)6(15)8(17-3)13-2-4(10)7(11)12-9(13)16/h2-6,8,14-15H,1H3,(H-,11,12,16)/p+1/t3-,4?,5+,6?,8-/m1/s1/i9+1,12+1,13+1. The van der Waals surface area contributed by atoms with E-state index in [1.54, 1.807) is 0 Å². The van der Waals surface area contributed by atoms with Crippen LogP contribution in [-0.4, -0.2) is 63.6 Å². The molecule has 0 aromatic rings. The molecule has 2 aliphatic rings. The van der Waals surface area contributed by atoms with Crippen LogP contribution in [-0.2, 0) is 4.74 Å². The van der Waals surface area contributed by atoms with Crippen LogP contribution in [0.3, 0.4) is 0 Å². The highest BCUT2D eigenvalue weighted by atomic mass is 19.1. The summed E-state index contributed by atoms with van der Waals surface area (Å²) in [6.45, 7) is 1.53. The van der Waals surface area contributed by atoms with E-state index < -0.39 is 42.6 Å². The third kappa shape index (κ3) is 1.94. The Labute approximate surface area is 96.0 Å². The average Bonchev–Trinajstić information content (AvgIpc) is 2.51. The van der Waals surface area contributed by atoms with Crippen LogP contribution in [0.4, 0.5) is 9.18 Å². The first-order chi connectivity index (χ1) is 7.91. The number of amides is 2. The number of alkyl halides is 1. The average molecular weight is 249 g/mol. The van der Waals surface area contributed by atoms with Gasteiger partial charge < -0.3 is 20.7 Å². The Morgan fingerprint density at radius 1 is 1.53 bits per heavy atom. The van der Waals surface area contributed by atoms with Crippen LogP contribution in [0.5, 0.6) is 0 Å². The molecule has 5 atom stereocenters. The number of aliphatic hydroxyl groups is 2. The van der Waals surface area contributed by atoms with E-state index in [4.69, 9.17) is 10.5 Å². The molecule has 0 bridgehead atoms. The van der Waals surface area contributed by atoms with E-state index >= 15 is 0 Å². The van der Waals surface area contributed by atoms with Crippen LogP contribution in [0.15, 0.2) is 4.99 Å². The van der Waals surface area contributed by atoms with Crippen molar-refractivity contribution in [3.05, 3.63) is 0 Å². The maximum atomic E-state index is 13.3. The minimum absolute atomic E-state index is 0.438. The number of carbonyl (C=O) groups is 1. The maximum Gasteiger partial charge on any atom is 0.543 e. The SMILES string of the molecule is C[C@H]1O[C@@H]([15N+]2=CC(F)C(N)=[15N][13C]2=O)C(O)[C@H]1O. The Morgan fingerprint density at radius 3 is 2.71 bits per heavy atom. The van der Waals surface area contributed by atoms with Crippen molar-refractivity contribution in [3.8, 4) is 0 Å². The van der Waals surface area contributed by atoms with E-state index in [9.17, 15) is 19.4 Å². The molecule has 1 fully saturated rings. The number of carbonyl (C=O) groups excluding carboxylic acids is 1. The number of rotatable bonds is 1. The molecule has 0 aromatic carbocycles. The first kappa shape index (κ1) is 12.1. The fourth-order valence-electron chi connectivity index (χ4n) is 1.76. The summed E-state index contributed by atoms with van der Waals surface area (Å²) in [6.07, 6.45) is -5.09. The quantitative estimate of drug-likeness (QED) is 0.293. The van der Waals surface area contributed by atoms with Gasteiger partial charge in [-0.15, -0.1) is 0 Å². The van der Waals surface area contributed by atoms with Gasteiger partial charge in [-0.25, -0.2) is 4.39 Å². The third-order valence-corrected chi connectivity index (χ3v) is 2.77. The number of halogens is 1. The lowest BCUT2D eigenvalue weighted by Gasteiger charge is -2.15. The Kier molecular flexibility index (Phi) is 2.94. The molecule has 7 nitrogen and oxygen atoms in total. The van der Waals surface area contributed by atoms with E-state index in [1.165, 1.54) is 6.92 Å². The van der Waals surface area contributed by atoms with Gasteiger partial charge in [0.15, 0.2) is 0 Å². The summed E-state index contributed by atoms with van der Waals surface area (Å²) in [4.78, 5) is 14.8. The highest BCUT2D eigenvalue weighted by Crippen LogP contribution is 2.22. The number of nitrogens with zero attached hydrogens (tertiary/aromatic N) is 2. The van der Waals surface area contributed by atoms with Crippen LogP contribution < -0.4 is 5.73 Å². The summed E-state index contributed by atoms with van der Waals surface area (Å²) in [5, 5.41) is 19.1. The summed E-state index contributed by atoms with van der Waals surface area (Å²) in [6, 6.07) is -0.832. The molecule has 2 rings (SSSR count). The molecule has 0 spiro atoms. The van der Waals surface area contributed by atoms with Gasteiger partial charge in [-0.2, -0.15) is 9.37 Å². The van der Waals surface area contributed by atoms with Gasteiger partial charge in [0, 0.05) is 4.99 Å². The van der Waals surface area contributed by atoms with Gasteiger partial charge >= 0.3 is 6.03 Å². The molecule has 94 valence electrons. The van der Waals surface area contributed by atoms with Crippen molar-refractivity contribution >= 4 is 18.1 Å². The van der Waals surface area contributed by atoms with Crippen LogP contribution in [0.1, 0.15) is 6.92 Å². The van der Waals surface area contributed by atoms with E-state index in [1.807, 2.05) is 0 Å². The molecule has 0 aliphatic carbocycles. The third-order valence-electron chi connectivity index (χ3n) is 2.77. The van der Waals surface area contributed by atoms with Crippen LogP contribution in [0.25, 0.3) is 0 Å². The predicted octanol–water partition coefficient (Wildman–Crippen LogP) is -1.63. The van der Waals surface area contributed by atoms with Crippen LogP contribution >= 0.6 is 0 Å². The smallest absolute Gasteiger partial charge is 0.387 e. The fourth-order valence-corrected chi connectivity index (χ4v) is 1.76. The normalized spacial score (nSPS) is 42.4. The molecule has 2 amide bonds. The second kappa shape index (κ2) is 4.13. The summed E-state index contributed by atoms with van der Waals surface area (Å²) in [7, 11) is 0. The van der Waals surface area contributed by atoms with Crippen molar-refractivity contribution in [1.82, 2.24) is 0 Å². The van der Waals surface area contributed by atoms with Gasteiger partial charge in [0.25, 0.3) is 5.84 Å². The zero-order chi connectivity index (χ0) is 12.7. The van der Waals surface area contributed by atoms with E-state index in [2.05, 4.69) is 4.99 Å². The number of urea groups is 1. The van der Waals surface area contributed by atoms with Gasteiger partial charge in [0.1, 0.15) is 18.4 Å². The van der Waals surface area contributed by atoms with E-state index in [0.717, 1.165) is 10.8 Å². The summed E-state index contributed by atoms with van der Waals surface area (Å²) < 4.78 is 19.3. The lowest BCUT2D eigenvalue weighted by Crippen LogP contribution is -2.46. The molecular weight excluding hydrogens is 236 g/mol. The molecule has 1 saturated heterocycles. The number of ether oxygens (including phenoxy) is 1. The topological polar surface area (TPSA) is 108 Å². The number of amidine groups is 1. The molecule has 8 heteroatoms. The summed E-state index contributed by atoms with van der Waals surface area (Å²) >= 11 is 0. The largest absolute Gasteiger partial charge is 0.543 e. The van der Waals surface area contributed by atoms with Gasteiger partial charge in [-0.3, -0.25) is 0 Å². The lowest BCUT2D eigenvalue weighted by atomic mass is 10.1. The van der Waals surface area contributed by atoms with Gasteiger partial charge in [0.05, 0.1) is 6.10 Å². The molecule has 2 unspecified atom stereocenters. The second-order valence-corrected chi connectivity index (χ2v) is 3.99. The predicted molar refractivity (Wildman–Crippen MR) is 54.6 cm³/mol. The molecule has 2 aliphatic heterocycles. The first-order valence-electron chi connectivity index (χ1n) is 5.09. The van der Waals surface area contributed by atoms with Crippen molar-refractivity contribution in [3.63, 3.8) is 0 Å². The summed E-state index contributed by atoms with van der Waals surface area (Å²) in [5.41, 5.74) is 5.16. The van der Waals surface area contributed by atoms with Crippen molar-refractivity contribution in [2.75, 3.05) is 0 Å². The number of hydrogen-bond donors (Lipinski definition) is 3. The molecule has 0 saturated carbocycles. The van der Waals surface area contributed by atoms with Crippen molar-refractivity contribution in [2.24, 2.45) is 10.7 Å². The molecule has 4 N–H and O–H groups in total. The summed E-state index contributed by atoms with van der Waals surface area (Å²) in [5.74, 6) is -0.438. The number of hydrogen-bond acceptors (Lipinski definition) is 5. The van der Waals surface area contributed by atoms with E-state index in [-0.39, 0.29) is 0 Å². The molecule has 2 heterocycles. The Balaban J connectivity index is 2.25. The zero-order valence-electron chi connectivity index (χ0n) is 9.02. The number of nitrogens with two attached hydrogens (primary N) is 1. The lowest BCUT2D eigenvalue weighted by molar-refractivity contribution is -0.533. The second-order valence-electron chi connectivity index (χ2n) is 3.99. The monoisotopic (exact) mass is 249 g/mol. The zero-order valence-corrected chi connectivity index (χ0v) is 9.02. The van der Waals surface area contributed by atoms with Crippen LogP contribution in [0.2, 0.25) is 0 Å². The number of aliphatic imine (C=N–C) groups is 1. The first-order valence-corrected chi connectivity index (χ1v) is 5.09. The van der Waals surface area contributed by atoms with Crippen LogP contribution in [0, 0.1) is 0 Å². The maximum absolute atomic E-state index is 13.3. The minimum Gasteiger partial charge on any atom is -0.387 e. The highest BCUT2D eigenvalue weighted by Gasteiger charge is 2.48. The minimum atomic E-state index is -1.71. The Hall–Kier alpha value is -1.38. The van der Waals surface area contributed by atoms with Gasteiger partial charge in [-0.1, -0.05) is 0 Å². The molecule has 0 radical (unpaired) electrons. The molecular formula is C9H13FN3O4+. The Morgan fingerprint density at radius 2 is 2.18 bits per heavy atom. The molecule has 17 heavy (non-hydrogen) atoms. The number of aliphatic hydroxyl groups excluding tert-OH is 2.